The monoisotopic (exact) mass is 610 g/mol. The number of hydrogen-bond donors (Lipinski definition) is 3. The number of nitrogens with zero attached hydrogens (tertiary/aromatic N) is 4. The first-order valence-electron chi connectivity index (χ1n) is 13.0. The summed E-state index contributed by atoms with van der Waals surface area (Å²) >= 11 is 1.11. The number of aromatic nitrogens is 1. The number of hydrogen-bond acceptors (Lipinski definition) is 13. The van der Waals surface area contributed by atoms with E-state index in [1.54, 1.807) is 0 Å². The van der Waals surface area contributed by atoms with Crippen molar-refractivity contribution in [3.8, 4) is 5.75 Å². The van der Waals surface area contributed by atoms with E-state index in [9.17, 15) is 18.0 Å². The minimum atomic E-state index is -4.91. The molecule has 224 valence electrons. The second-order valence-corrected chi connectivity index (χ2v) is 12.2. The molecule has 2 aliphatic heterocycles. The Labute approximate surface area is 242 Å². The van der Waals surface area contributed by atoms with Crippen molar-refractivity contribution < 1.29 is 36.4 Å². The average molecular weight is 611 g/mol. The van der Waals surface area contributed by atoms with Crippen molar-refractivity contribution in [3.05, 3.63) is 40.4 Å². The molecule has 1 unspecified atom stereocenters. The van der Waals surface area contributed by atoms with Gasteiger partial charge in [-0.2, -0.15) is 13.5 Å². The zero-order chi connectivity index (χ0) is 29.8. The molecule has 41 heavy (non-hydrogen) atoms. The van der Waals surface area contributed by atoms with E-state index in [0.717, 1.165) is 43.8 Å². The van der Waals surface area contributed by atoms with Crippen LogP contribution in [0, 0.1) is 5.92 Å². The first kappa shape index (κ1) is 30.8. The second kappa shape index (κ2) is 12.8. The van der Waals surface area contributed by atoms with Crippen LogP contribution in [-0.4, -0.2) is 83.7 Å². The molecule has 5 N–H and O–H groups in total. The third kappa shape index (κ3) is 7.58. The molecule has 0 bridgehead atoms. The fourth-order valence-electron chi connectivity index (χ4n) is 4.78. The van der Waals surface area contributed by atoms with E-state index >= 15 is 0 Å². The van der Waals surface area contributed by atoms with Crippen LogP contribution in [0.4, 0.5) is 5.13 Å². The van der Waals surface area contributed by atoms with Crippen LogP contribution < -0.4 is 16.2 Å². The summed E-state index contributed by atoms with van der Waals surface area (Å²) in [5, 5.41) is 6.25. The molecule has 1 amide bonds. The number of β-lactam (4-membered cyclic amide) rings is 1. The fraction of sp³-hybridized carbons (Fsp3) is 0.520. The highest BCUT2D eigenvalue weighted by molar-refractivity contribution is 7.80. The topological polar surface area (TPSA) is 200 Å². The van der Waals surface area contributed by atoms with Gasteiger partial charge in [0.25, 0.3) is 5.91 Å². The third-order valence-corrected chi connectivity index (χ3v) is 8.02. The highest BCUT2D eigenvalue weighted by atomic mass is 32.3. The molecule has 1 aromatic heterocycles. The van der Waals surface area contributed by atoms with Gasteiger partial charge >= 0.3 is 10.4 Å². The molecule has 1 aromatic carbocycles. The molecule has 16 heteroatoms. The van der Waals surface area contributed by atoms with E-state index in [-0.39, 0.29) is 36.2 Å². The molecule has 2 aliphatic rings. The lowest BCUT2D eigenvalue weighted by Crippen LogP contribution is -2.68. The van der Waals surface area contributed by atoms with Crippen LogP contribution in [0.15, 0.2) is 28.7 Å². The Morgan fingerprint density at radius 3 is 2.73 bits per heavy atom. The molecule has 4 rings (SSSR count). The van der Waals surface area contributed by atoms with Gasteiger partial charge in [-0.15, -0.1) is 15.6 Å². The molecular formula is C25H34N6O8S2. The molecule has 2 aromatic rings. The van der Waals surface area contributed by atoms with Gasteiger partial charge in [-0.05, 0) is 63.0 Å². The Morgan fingerprint density at radius 2 is 2.07 bits per heavy atom. The summed E-state index contributed by atoms with van der Waals surface area (Å²) in [6, 6.07) is 6.00. The number of nitrogens with two attached hydrogens (primary N) is 2. The Balaban J connectivity index is 1.34. The Kier molecular flexibility index (Phi) is 9.61. The molecule has 1 fully saturated rings. The van der Waals surface area contributed by atoms with Crippen molar-refractivity contribution in [1.82, 2.24) is 14.9 Å². The van der Waals surface area contributed by atoms with E-state index in [0.29, 0.717) is 17.4 Å². The number of benzene rings is 1. The lowest BCUT2D eigenvalue weighted by atomic mass is 9.74. The molecule has 0 saturated carbocycles. The van der Waals surface area contributed by atoms with Gasteiger partial charge in [0.2, 0.25) is 0 Å². The number of Topliss-reactive ketones (excluding diaryl/α,β-unsaturated/α-hetero) is 1. The number of rotatable bonds is 14. The van der Waals surface area contributed by atoms with Gasteiger partial charge in [0.05, 0.1) is 11.5 Å². The highest BCUT2D eigenvalue weighted by Gasteiger charge is 2.57. The van der Waals surface area contributed by atoms with Gasteiger partial charge in [0, 0.05) is 24.9 Å². The van der Waals surface area contributed by atoms with Crippen LogP contribution in [-0.2, 0) is 42.1 Å². The summed E-state index contributed by atoms with van der Waals surface area (Å²) in [5.41, 5.74) is 12.7. The zero-order valence-corrected chi connectivity index (χ0v) is 24.4. The highest BCUT2D eigenvalue weighted by Crippen LogP contribution is 2.40. The van der Waals surface area contributed by atoms with Crippen LogP contribution in [0.5, 0.6) is 5.75 Å². The van der Waals surface area contributed by atoms with Gasteiger partial charge in [0.15, 0.2) is 23.2 Å². The average Bonchev–Trinajstić information content (AvgIpc) is 3.35. The van der Waals surface area contributed by atoms with Crippen molar-refractivity contribution in [2.75, 3.05) is 38.6 Å². The van der Waals surface area contributed by atoms with Crippen molar-refractivity contribution >= 4 is 44.3 Å². The molecule has 3 heterocycles. The lowest BCUT2D eigenvalue weighted by Gasteiger charge is -2.50. The number of ether oxygens (including phenoxy) is 1. The van der Waals surface area contributed by atoms with Crippen molar-refractivity contribution in [2.45, 2.75) is 45.2 Å². The fourth-order valence-corrected chi connectivity index (χ4v) is 5.78. The third-order valence-electron chi connectivity index (χ3n) is 7.01. The minimum absolute atomic E-state index is 0.0319. The van der Waals surface area contributed by atoms with E-state index < -0.39 is 33.5 Å². The zero-order valence-electron chi connectivity index (χ0n) is 22.8. The van der Waals surface area contributed by atoms with Crippen molar-refractivity contribution in [2.24, 2.45) is 16.8 Å². The molecule has 0 aliphatic carbocycles. The predicted molar refractivity (Wildman–Crippen MR) is 150 cm³/mol. The minimum Gasteiger partial charge on any atom is -0.490 e. The maximum Gasteiger partial charge on any atom is 0.418 e. The molecule has 1 atom stereocenters. The van der Waals surface area contributed by atoms with Crippen molar-refractivity contribution in [3.63, 3.8) is 0 Å². The maximum atomic E-state index is 13.2. The summed E-state index contributed by atoms with van der Waals surface area (Å²) in [7, 11) is -4.91. The normalized spacial score (nSPS) is 19.0. The van der Waals surface area contributed by atoms with Crippen LogP contribution in [0.1, 0.15) is 43.5 Å². The number of oxime groups is 1. The van der Waals surface area contributed by atoms with Crippen LogP contribution in [0.25, 0.3) is 0 Å². The standard InChI is InChI=1S/C25H34N6O8S2/c1-25(2)19(23(33)31(25)39-41(34,35)36)13-21(32)22(20-15-40-24(27)28-20)29-38-11-10-37-18-5-4-17-14-30(8-3-7-26)9-6-16(17)12-18/h4-5,12,15,19H,3,6-11,13-14,26H2,1-2H3,(H2,27,28)(H,34,35,36)/b29-22-. The van der Waals surface area contributed by atoms with Crippen LogP contribution in [0.3, 0.4) is 0 Å². The molecular weight excluding hydrogens is 576 g/mol. The summed E-state index contributed by atoms with van der Waals surface area (Å²) in [6.45, 7) is 6.73. The summed E-state index contributed by atoms with van der Waals surface area (Å²) in [4.78, 5) is 37.5. The largest absolute Gasteiger partial charge is 0.490 e. The molecule has 0 spiro atoms. The van der Waals surface area contributed by atoms with Gasteiger partial charge in [0.1, 0.15) is 18.1 Å². The number of amides is 1. The number of fused-ring (bicyclic) bond motifs is 1. The van der Waals surface area contributed by atoms with E-state index in [1.165, 1.54) is 30.4 Å². The van der Waals surface area contributed by atoms with Gasteiger partial charge in [-0.25, -0.2) is 4.98 Å². The van der Waals surface area contributed by atoms with Gasteiger partial charge in [-0.1, -0.05) is 11.2 Å². The predicted octanol–water partition coefficient (Wildman–Crippen LogP) is 1.16. The number of anilines is 1. The number of carbonyl (C=O) groups excluding carboxylic acids is 2. The van der Waals surface area contributed by atoms with E-state index in [1.807, 2.05) is 12.1 Å². The lowest BCUT2D eigenvalue weighted by molar-refractivity contribution is -0.228. The van der Waals surface area contributed by atoms with Gasteiger partial charge < -0.3 is 21.0 Å². The number of ketones is 1. The van der Waals surface area contributed by atoms with E-state index in [2.05, 4.69) is 25.4 Å². The first-order chi connectivity index (χ1) is 19.4. The Hall–Kier alpha value is -3.15. The number of nitrogen functional groups attached to an aromatic ring is 1. The summed E-state index contributed by atoms with van der Waals surface area (Å²) < 4.78 is 41.2. The smallest absolute Gasteiger partial charge is 0.418 e. The Morgan fingerprint density at radius 1 is 1.29 bits per heavy atom. The van der Waals surface area contributed by atoms with Crippen molar-refractivity contribution in [1.29, 1.82) is 0 Å². The molecule has 1 saturated heterocycles. The number of thiazole rings is 1. The SMILES string of the molecule is CC1(C)C(CC(=O)/C(=N\OCCOc2ccc3c(c2)CCN(CCCN)C3)c2csc(N)n2)C(=O)N1OS(=O)(=O)O. The van der Waals surface area contributed by atoms with Gasteiger partial charge in [-0.3, -0.25) is 19.0 Å². The Bertz CT molecular complexity index is 1410. The second-order valence-electron chi connectivity index (χ2n) is 10.3. The maximum absolute atomic E-state index is 13.2. The summed E-state index contributed by atoms with van der Waals surface area (Å²) in [6.07, 6.45) is 1.58. The van der Waals surface area contributed by atoms with E-state index in [4.69, 9.17) is 25.6 Å². The summed E-state index contributed by atoms with van der Waals surface area (Å²) in [5.74, 6) is -1.57. The number of hydroxylamine groups is 2. The number of carbonyl (C=O) groups is 2. The first-order valence-corrected chi connectivity index (χ1v) is 15.3. The molecule has 14 nitrogen and oxygen atoms in total. The molecule has 0 radical (unpaired) electrons. The van der Waals surface area contributed by atoms with Crippen LogP contribution >= 0.6 is 11.3 Å². The quantitative estimate of drug-likeness (QED) is 0.0908. The van der Waals surface area contributed by atoms with Crippen LogP contribution in [0.2, 0.25) is 0 Å².